The molecule has 0 fully saturated rings. The van der Waals surface area contributed by atoms with Crippen molar-refractivity contribution >= 4 is 0 Å². The van der Waals surface area contributed by atoms with E-state index in [1.54, 1.807) is 0 Å². The lowest BCUT2D eigenvalue weighted by atomic mass is 9.96. The molecule has 0 spiro atoms. The van der Waals surface area contributed by atoms with Crippen LogP contribution in [-0.2, 0) is 0 Å². The maximum Gasteiger partial charge on any atom is -0.00165 e. The van der Waals surface area contributed by atoms with Crippen molar-refractivity contribution in [3.63, 3.8) is 0 Å². The molecule has 1 atom stereocenters. The molecule has 0 saturated carbocycles. The van der Waals surface area contributed by atoms with E-state index in [9.17, 15) is 0 Å². The Balaban J connectivity index is 4.22. The Hall–Kier alpha value is -0.780. The van der Waals surface area contributed by atoms with Crippen LogP contribution >= 0.6 is 0 Å². The number of hydrogen-bond acceptors (Lipinski definition) is 0. The van der Waals surface area contributed by atoms with E-state index in [-0.39, 0.29) is 0 Å². The maximum atomic E-state index is 3.96. The number of allylic oxidation sites excluding steroid dienone is 4. The molecule has 0 aromatic carbocycles. The third-order valence-electron chi connectivity index (χ3n) is 1.84. The molecule has 0 aromatic rings. The Kier molecular flexibility index (Phi) is 3.78. The zero-order chi connectivity index (χ0) is 8.15. The summed E-state index contributed by atoms with van der Waals surface area (Å²) in [5.74, 6) is 0.399. The first-order chi connectivity index (χ1) is 4.63. The minimum absolute atomic E-state index is 0.399. The molecule has 0 heteroatoms. The molecule has 0 amide bonds. The molecule has 0 aliphatic rings. The molecular weight excluding hydrogens is 120 g/mol. The van der Waals surface area contributed by atoms with Gasteiger partial charge in [-0.25, -0.2) is 0 Å². The molecule has 0 rings (SSSR count). The van der Waals surface area contributed by atoms with Crippen molar-refractivity contribution in [3.8, 4) is 0 Å². The van der Waals surface area contributed by atoms with Crippen molar-refractivity contribution in [2.24, 2.45) is 5.92 Å². The van der Waals surface area contributed by atoms with E-state index < -0.39 is 0 Å². The lowest BCUT2D eigenvalue weighted by Crippen LogP contribution is -1.94. The van der Waals surface area contributed by atoms with Crippen LogP contribution in [0.15, 0.2) is 36.5 Å². The van der Waals surface area contributed by atoms with Crippen molar-refractivity contribution in [3.05, 3.63) is 36.5 Å². The van der Waals surface area contributed by atoms with Crippen LogP contribution < -0.4 is 0 Å². The topological polar surface area (TPSA) is 0 Å². The van der Waals surface area contributed by atoms with Gasteiger partial charge in [0, 0.05) is 0 Å². The lowest BCUT2D eigenvalue weighted by Gasteiger charge is -2.09. The molecular formula is C10H16. The average molecular weight is 136 g/mol. The van der Waals surface area contributed by atoms with Crippen LogP contribution in [0.2, 0.25) is 0 Å². The summed E-state index contributed by atoms with van der Waals surface area (Å²) in [6.45, 7) is 13.9. The van der Waals surface area contributed by atoms with Gasteiger partial charge in [-0.3, -0.25) is 0 Å². The van der Waals surface area contributed by atoms with Crippen LogP contribution in [0.25, 0.3) is 0 Å². The fraction of sp³-hybridized carbons (Fsp3) is 0.400. The van der Waals surface area contributed by atoms with Crippen LogP contribution in [0.1, 0.15) is 20.8 Å². The number of rotatable bonds is 3. The van der Waals surface area contributed by atoms with E-state index in [2.05, 4.69) is 33.1 Å². The first-order valence-electron chi connectivity index (χ1n) is 3.58. The van der Waals surface area contributed by atoms with E-state index in [1.165, 1.54) is 5.57 Å². The minimum Gasteiger partial charge on any atom is -0.102 e. The highest BCUT2D eigenvalue weighted by Gasteiger charge is 2.01. The van der Waals surface area contributed by atoms with Gasteiger partial charge < -0.3 is 0 Å². The summed E-state index contributed by atoms with van der Waals surface area (Å²) in [6, 6.07) is 0. The van der Waals surface area contributed by atoms with Gasteiger partial charge in [0.2, 0.25) is 0 Å². The molecule has 0 saturated heterocycles. The van der Waals surface area contributed by atoms with Gasteiger partial charge in [0.05, 0.1) is 0 Å². The molecule has 0 radical (unpaired) electrons. The Labute approximate surface area is 64.0 Å². The van der Waals surface area contributed by atoms with Crippen LogP contribution in [0.3, 0.4) is 0 Å². The summed E-state index contributed by atoms with van der Waals surface area (Å²) >= 11 is 0. The first-order valence-corrected chi connectivity index (χ1v) is 3.58. The predicted molar refractivity (Wildman–Crippen MR) is 47.9 cm³/mol. The van der Waals surface area contributed by atoms with Gasteiger partial charge in [0.25, 0.3) is 0 Å². The quantitative estimate of drug-likeness (QED) is 0.412. The monoisotopic (exact) mass is 136 g/mol. The third-order valence-corrected chi connectivity index (χ3v) is 1.84. The van der Waals surface area contributed by atoms with E-state index >= 15 is 0 Å². The molecule has 0 bridgehead atoms. The molecule has 0 aliphatic heterocycles. The van der Waals surface area contributed by atoms with Gasteiger partial charge in [0.15, 0.2) is 0 Å². The molecule has 0 aromatic heterocycles. The van der Waals surface area contributed by atoms with Crippen LogP contribution in [0.4, 0.5) is 0 Å². The smallest absolute Gasteiger partial charge is 0.00165 e. The zero-order valence-electron chi connectivity index (χ0n) is 7.15. The van der Waals surface area contributed by atoms with Crippen molar-refractivity contribution in [1.82, 2.24) is 0 Å². The Bertz CT molecular complexity index is 161. The van der Waals surface area contributed by atoms with Gasteiger partial charge in [-0.05, 0) is 25.3 Å². The summed E-state index contributed by atoms with van der Waals surface area (Å²) in [4.78, 5) is 0. The summed E-state index contributed by atoms with van der Waals surface area (Å²) in [5.41, 5.74) is 2.42. The maximum absolute atomic E-state index is 3.96. The highest BCUT2D eigenvalue weighted by atomic mass is 14.1. The first kappa shape index (κ1) is 9.22. The fourth-order valence-electron chi connectivity index (χ4n) is 0.687. The highest BCUT2D eigenvalue weighted by Crippen LogP contribution is 2.17. The van der Waals surface area contributed by atoms with Crippen LogP contribution in [0, 0.1) is 5.92 Å². The standard InChI is InChI=1S/C10H16/c1-6-8(3)10(5)9(4)7-2/h6-8H,1,5H2,2-4H3/b9-7-/t8-/m1/s1. The molecule has 0 N–H and O–H groups in total. The normalized spacial score (nSPS) is 14.5. The van der Waals surface area contributed by atoms with E-state index in [0.717, 1.165) is 5.57 Å². The predicted octanol–water partition coefficient (Wildman–Crippen LogP) is 3.33. The molecule has 0 nitrogen and oxygen atoms in total. The zero-order valence-corrected chi connectivity index (χ0v) is 7.15. The largest absolute Gasteiger partial charge is 0.102 e. The van der Waals surface area contributed by atoms with Gasteiger partial charge in [-0.15, -0.1) is 6.58 Å². The van der Waals surface area contributed by atoms with Crippen LogP contribution in [0.5, 0.6) is 0 Å². The second kappa shape index (κ2) is 4.10. The Morgan fingerprint density at radius 3 is 2.30 bits per heavy atom. The average Bonchev–Trinajstić information content (AvgIpc) is 2.00. The molecule has 10 heavy (non-hydrogen) atoms. The van der Waals surface area contributed by atoms with E-state index in [0.29, 0.717) is 5.92 Å². The third kappa shape index (κ3) is 2.22. The van der Waals surface area contributed by atoms with Gasteiger partial charge in [0.1, 0.15) is 0 Å². The Morgan fingerprint density at radius 2 is 2.00 bits per heavy atom. The molecule has 0 heterocycles. The van der Waals surface area contributed by atoms with Gasteiger partial charge in [-0.2, -0.15) is 0 Å². The van der Waals surface area contributed by atoms with Crippen molar-refractivity contribution in [2.45, 2.75) is 20.8 Å². The SMILES string of the molecule is C=C[C@@H](C)C(=C)/C(C)=C\C. The Morgan fingerprint density at radius 1 is 1.50 bits per heavy atom. The lowest BCUT2D eigenvalue weighted by molar-refractivity contribution is 0.878. The van der Waals surface area contributed by atoms with Crippen molar-refractivity contribution < 1.29 is 0 Å². The fourth-order valence-corrected chi connectivity index (χ4v) is 0.687. The van der Waals surface area contributed by atoms with Crippen LogP contribution in [-0.4, -0.2) is 0 Å². The van der Waals surface area contributed by atoms with E-state index in [4.69, 9.17) is 0 Å². The van der Waals surface area contributed by atoms with Gasteiger partial charge in [-0.1, -0.05) is 31.2 Å². The van der Waals surface area contributed by atoms with Gasteiger partial charge >= 0.3 is 0 Å². The summed E-state index contributed by atoms with van der Waals surface area (Å²) in [7, 11) is 0. The molecule has 0 aliphatic carbocycles. The minimum atomic E-state index is 0.399. The summed E-state index contributed by atoms with van der Waals surface area (Å²) < 4.78 is 0. The van der Waals surface area contributed by atoms with E-state index in [1.807, 2.05) is 13.0 Å². The number of hydrogen-bond donors (Lipinski definition) is 0. The van der Waals surface area contributed by atoms with Crippen molar-refractivity contribution in [1.29, 1.82) is 0 Å². The summed E-state index contributed by atoms with van der Waals surface area (Å²) in [6.07, 6.45) is 3.98. The second-order valence-electron chi connectivity index (χ2n) is 2.52. The highest BCUT2D eigenvalue weighted by molar-refractivity contribution is 5.29. The molecule has 0 unspecified atom stereocenters. The van der Waals surface area contributed by atoms with Crippen molar-refractivity contribution in [2.75, 3.05) is 0 Å². The molecule has 56 valence electrons. The summed E-state index contributed by atoms with van der Waals surface area (Å²) in [5, 5.41) is 0. The second-order valence-corrected chi connectivity index (χ2v) is 2.52.